The second kappa shape index (κ2) is 10.1. The zero-order chi connectivity index (χ0) is 21.8. The largest absolute Gasteiger partial charge is 0.460 e. The molecule has 1 saturated carbocycles. The minimum Gasteiger partial charge on any atom is -0.460 e. The summed E-state index contributed by atoms with van der Waals surface area (Å²) < 4.78 is 24.0. The fourth-order valence-corrected chi connectivity index (χ4v) is 5.24. The van der Waals surface area contributed by atoms with E-state index in [9.17, 15) is 4.79 Å². The van der Waals surface area contributed by atoms with Gasteiger partial charge in [0.15, 0.2) is 0 Å². The first-order valence-electron chi connectivity index (χ1n) is 11.7. The van der Waals surface area contributed by atoms with Gasteiger partial charge in [-0.1, -0.05) is 30.9 Å². The van der Waals surface area contributed by atoms with Gasteiger partial charge in [0.05, 0.1) is 18.6 Å². The molecule has 6 nitrogen and oxygen atoms in total. The lowest BCUT2D eigenvalue weighted by molar-refractivity contribution is -0.172. The lowest BCUT2D eigenvalue weighted by Crippen LogP contribution is -2.55. The van der Waals surface area contributed by atoms with Crippen LogP contribution in [-0.2, 0) is 23.7 Å². The number of epoxide rings is 2. The third-order valence-electron chi connectivity index (χ3n) is 7.10. The van der Waals surface area contributed by atoms with Crippen molar-refractivity contribution in [3.05, 3.63) is 11.6 Å². The number of hydrogen-bond donors (Lipinski definition) is 1. The lowest BCUT2D eigenvalue weighted by Gasteiger charge is -2.42. The van der Waals surface area contributed by atoms with E-state index in [2.05, 4.69) is 26.8 Å². The van der Waals surface area contributed by atoms with Crippen LogP contribution in [0.4, 0.5) is 0 Å². The molecule has 30 heavy (non-hydrogen) atoms. The maximum absolute atomic E-state index is 12.5. The summed E-state index contributed by atoms with van der Waals surface area (Å²) in [5.41, 5.74) is 6.35. The number of carbonyl (C=O) groups excluding carboxylic acids is 1. The molecule has 1 aliphatic carbocycles. The molecule has 2 saturated heterocycles. The molecule has 3 rings (SSSR count). The van der Waals surface area contributed by atoms with Gasteiger partial charge in [0.1, 0.15) is 23.4 Å². The van der Waals surface area contributed by atoms with Crippen molar-refractivity contribution in [1.29, 1.82) is 0 Å². The normalized spacial score (nSPS) is 37.1. The van der Waals surface area contributed by atoms with Crippen molar-refractivity contribution < 1.29 is 23.7 Å². The number of allylic oxidation sites excluding steroid dienone is 1. The van der Waals surface area contributed by atoms with Gasteiger partial charge in [0.2, 0.25) is 0 Å². The Balaban J connectivity index is 1.56. The van der Waals surface area contributed by atoms with E-state index < -0.39 is 0 Å². The van der Waals surface area contributed by atoms with E-state index in [1.54, 1.807) is 7.11 Å². The Morgan fingerprint density at radius 1 is 1.20 bits per heavy atom. The standard InChI is InChI=1S/C24H41NO5/c1-17(2)11-12-19-23(3,30-19)22-21(27-4)18(13-14-24(22)16-28-24)29-20(26)10-8-6-5-7-9-15-25/h11,18-19,21-22H,5-10,12-16,25H2,1-4H3/t18?,19-,21?,22?,23?,24+/m1/s1. The van der Waals surface area contributed by atoms with Gasteiger partial charge in [-0.25, -0.2) is 0 Å². The van der Waals surface area contributed by atoms with Crippen molar-refractivity contribution >= 4 is 5.97 Å². The number of hydrogen-bond acceptors (Lipinski definition) is 6. The molecule has 3 aliphatic rings. The van der Waals surface area contributed by atoms with Crippen LogP contribution in [0.2, 0.25) is 0 Å². The van der Waals surface area contributed by atoms with Gasteiger partial charge in [0, 0.05) is 13.5 Å². The number of methoxy groups -OCH3 is 1. The average Bonchev–Trinajstić information content (AvgIpc) is 3.62. The predicted octanol–water partition coefficient (Wildman–Crippen LogP) is 3.91. The molecule has 0 radical (unpaired) electrons. The van der Waals surface area contributed by atoms with Crippen LogP contribution in [0.5, 0.6) is 0 Å². The summed E-state index contributed by atoms with van der Waals surface area (Å²) in [5, 5.41) is 0. The maximum Gasteiger partial charge on any atom is 0.306 e. The summed E-state index contributed by atoms with van der Waals surface area (Å²) in [5.74, 6) is -0.0383. The van der Waals surface area contributed by atoms with Crippen molar-refractivity contribution in [3.63, 3.8) is 0 Å². The minimum atomic E-state index is -0.294. The van der Waals surface area contributed by atoms with Crippen LogP contribution in [-0.4, -0.2) is 55.7 Å². The molecule has 2 N–H and O–H groups in total. The van der Waals surface area contributed by atoms with E-state index in [0.717, 1.165) is 64.5 Å². The van der Waals surface area contributed by atoms with Crippen LogP contribution in [0, 0.1) is 5.92 Å². The van der Waals surface area contributed by atoms with E-state index in [4.69, 9.17) is 24.7 Å². The van der Waals surface area contributed by atoms with Crippen molar-refractivity contribution in [2.45, 2.75) is 108 Å². The van der Waals surface area contributed by atoms with E-state index in [-0.39, 0.29) is 41.4 Å². The van der Waals surface area contributed by atoms with Crippen molar-refractivity contribution in [2.24, 2.45) is 11.7 Å². The van der Waals surface area contributed by atoms with Gasteiger partial charge >= 0.3 is 5.97 Å². The second-order valence-corrected chi connectivity index (χ2v) is 9.71. The highest BCUT2D eigenvalue weighted by atomic mass is 16.6. The Bertz CT molecular complexity index is 613. The Labute approximate surface area is 181 Å². The summed E-state index contributed by atoms with van der Waals surface area (Å²) in [6.07, 6.45) is 10.2. The molecule has 0 bridgehead atoms. The fraction of sp³-hybridized carbons (Fsp3) is 0.875. The van der Waals surface area contributed by atoms with Crippen molar-refractivity contribution in [2.75, 3.05) is 20.3 Å². The van der Waals surface area contributed by atoms with Crippen LogP contribution in [0.25, 0.3) is 0 Å². The molecule has 0 aromatic rings. The monoisotopic (exact) mass is 423 g/mol. The molecule has 0 amide bonds. The third kappa shape index (κ3) is 5.45. The number of carbonyl (C=O) groups is 1. The molecule has 3 fully saturated rings. The average molecular weight is 424 g/mol. The van der Waals surface area contributed by atoms with E-state index in [1.807, 2.05) is 0 Å². The SMILES string of the molecule is COC1C(OC(=O)CCCCCCCN)CC[C@]2(CO2)C1C1(C)O[C@@H]1CC=C(C)C. The third-order valence-corrected chi connectivity index (χ3v) is 7.10. The quantitative estimate of drug-likeness (QED) is 0.222. The van der Waals surface area contributed by atoms with Gasteiger partial charge in [-0.2, -0.15) is 0 Å². The molecule has 6 atom stereocenters. The van der Waals surface area contributed by atoms with Gasteiger partial charge in [-0.15, -0.1) is 0 Å². The fourth-order valence-electron chi connectivity index (χ4n) is 5.24. The van der Waals surface area contributed by atoms with Gasteiger partial charge in [-0.3, -0.25) is 4.79 Å². The van der Waals surface area contributed by atoms with Gasteiger partial charge in [-0.05, 0) is 59.4 Å². The van der Waals surface area contributed by atoms with Crippen LogP contribution >= 0.6 is 0 Å². The molecule has 2 aliphatic heterocycles. The molecule has 6 heteroatoms. The number of unbranched alkanes of at least 4 members (excludes halogenated alkanes) is 4. The summed E-state index contributed by atoms with van der Waals surface area (Å²) in [7, 11) is 1.72. The molecule has 1 spiro atoms. The highest BCUT2D eigenvalue weighted by molar-refractivity contribution is 5.69. The summed E-state index contributed by atoms with van der Waals surface area (Å²) in [4.78, 5) is 12.5. The van der Waals surface area contributed by atoms with Crippen molar-refractivity contribution in [1.82, 2.24) is 0 Å². The number of nitrogens with two attached hydrogens (primary N) is 1. The maximum atomic E-state index is 12.5. The number of ether oxygens (including phenoxy) is 4. The molecule has 0 aromatic carbocycles. The number of esters is 1. The van der Waals surface area contributed by atoms with E-state index >= 15 is 0 Å². The zero-order valence-corrected chi connectivity index (χ0v) is 19.3. The predicted molar refractivity (Wildman–Crippen MR) is 116 cm³/mol. The summed E-state index contributed by atoms with van der Waals surface area (Å²) in [6.45, 7) is 7.87. The molecule has 4 unspecified atom stereocenters. The lowest BCUT2D eigenvalue weighted by atomic mass is 9.68. The first-order valence-corrected chi connectivity index (χ1v) is 11.7. The second-order valence-electron chi connectivity index (χ2n) is 9.71. The molecular formula is C24H41NO5. The first-order chi connectivity index (χ1) is 14.4. The Hall–Kier alpha value is -0.950. The Morgan fingerprint density at radius 2 is 1.90 bits per heavy atom. The Kier molecular flexibility index (Phi) is 7.99. The molecule has 172 valence electrons. The van der Waals surface area contributed by atoms with Gasteiger partial charge in [0.25, 0.3) is 0 Å². The van der Waals surface area contributed by atoms with Crippen LogP contribution in [0.1, 0.15) is 78.6 Å². The van der Waals surface area contributed by atoms with Gasteiger partial charge < -0.3 is 24.7 Å². The minimum absolute atomic E-state index is 0.0772. The highest BCUT2D eigenvalue weighted by Gasteiger charge is 2.72. The Morgan fingerprint density at radius 3 is 2.53 bits per heavy atom. The summed E-state index contributed by atoms with van der Waals surface area (Å²) >= 11 is 0. The van der Waals surface area contributed by atoms with Crippen LogP contribution in [0.15, 0.2) is 11.6 Å². The van der Waals surface area contributed by atoms with Crippen LogP contribution in [0.3, 0.4) is 0 Å². The zero-order valence-electron chi connectivity index (χ0n) is 19.3. The smallest absolute Gasteiger partial charge is 0.306 e. The highest BCUT2D eigenvalue weighted by Crippen LogP contribution is 2.59. The number of rotatable bonds is 12. The first kappa shape index (κ1) is 23.7. The van der Waals surface area contributed by atoms with Crippen molar-refractivity contribution in [3.8, 4) is 0 Å². The van der Waals surface area contributed by atoms with E-state index in [1.165, 1.54) is 5.57 Å². The van der Waals surface area contributed by atoms with E-state index in [0.29, 0.717) is 6.42 Å². The van der Waals surface area contributed by atoms with Crippen LogP contribution < -0.4 is 5.73 Å². The molecular weight excluding hydrogens is 382 g/mol. The topological polar surface area (TPSA) is 86.6 Å². The summed E-state index contributed by atoms with van der Waals surface area (Å²) in [6, 6.07) is 0. The molecule has 0 aromatic heterocycles. The molecule has 2 heterocycles.